The number of likely N-dealkylation sites (tertiary alicyclic amines) is 1. The van der Waals surface area contributed by atoms with Gasteiger partial charge in [-0.1, -0.05) is 30.3 Å². The number of nitrogens with two attached hydrogens (primary N) is 1. The molecule has 3 nitrogen and oxygen atoms in total. The van der Waals surface area contributed by atoms with Crippen molar-refractivity contribution in [3.05, 3.63) is 65.7 Å². The van der Waals surface area contributed by atoms with Gasteiger partial charge in [-0.2, -0.15) is 0 Å². The van der Waals surface area contributed by atoms with E-state index in [4.69, 9.17) is 5.73 Å². The number of hydrogen-bond donors (Lipinski definition) is 1. The van der Waals surface area contributed by atoms with Gasteiger partial charge in [-0.25, -0.2) is 8.78 Å². The first-order chi connectivity index (χ1) is 11.5. The highest BCUT2D eigenvalue weighted by Crippen LogP contribution is 2.37. The van der Waals surface area contributed by atoms with Crippen LogP contribution in [0.1, 0.15) is 17.2 Å². The third kappa shape index (κ3) is 3.76. The van der Waals surface area contributed by atoms with Crippen molar-refractivity contribution in [2.45, 2.75) is 22.6 Å². The van der Waals surface area contributed by atoms with Crippen LogP contribution in [0.4, 0.5) is 8.78 Å². The molecule has 2 atom stereocenters. The summed E-state index contributed by atoms with van der Waals surface area (Å²) in [5.74, 6) is -1.86. The zero-order chi connectivity index (χ0) is 17.1. The lowest BCUT2D eigenvalue weighted by atomic mass is 10.1. The lowest BCUT2D eigenvalue weighted by Gasteiger charge is -2.23. The van der Waals surface area contributed by atoms with Crippen LogP contribution < -0.4 is 5.73 Å². The maximum absolute atomic E-state index is 13.5. The Morgan fingerprint density at radius 1 is 1.17 bits per heavy atom. The number of rotatable bonds is 4. The molecular weight excluding hydrogens is 330 g/mol. The molecule has 1 saturated heterocycles. The molecule has 0 aliphatic carbocycles. The molecule has 3 rings (SSSR count). The first-order valence-electron chi connectivity index (χ1n) is 7.75. The van der Waals surface area contributed by atoms with Gasteiger partial charge in [0.25, 0.3) is 0 Å². The summed E-state index contributed by atoms with van der Waals surface area (Å²) in [6, 6.07) is 13.0. The molecule has 126 valence electrons. The van der Waals surface area contributed by atoms with E-state index in [9.17, 15) is 13.6 Å². The molecule has 6 heteroatoms. The zero-order valence-corrected chi connectivity index (χ0v) is 13.8. The number of hydrogen-bond acceptors (Lipinski definition) is 3. The third-order valence-corrected chi connectivity index (χ3v) is 5.24. The summed E-state index contributed by atoms with van der Waals surface area (Å²) in [5.41, 5.74) is 6.73. The van der Waals surface area contributed by atoms with E-state index >= 15 is 0 Å². The number of halogens is 2. The lowest BCUT2D eigenvalue weighted by Crippen LogP contribution is -2.34. The second-order valence-electron chi connectivity index (χ2n) is 5.82. The highest BCUT2D eigenvalue weighted by Gasteiger charge is 2.31. The molecule has 0 aromatic heterocycles. The van der Waals surface area contributed by atoms with Crippen molar-refractivity contribution in [3.63, 3.8) is 0 Å². The summed E-state index contributed by atoms with van der Waals surface area (Å²) < 4.78 is 26.6. The average Bonchev–Trinajstić information content (AvgIpc) is 3.02. The van der Waals surface area contributed by atoms with E-state index in [0.29, 0.717) is 18.0 Å². The van der Waals surface area contributed by atoms with E-state index in [1.807, 2.05) is 30.3 Å². The average molecular weight is 348 g/mol. The predicted molar refractivity (Wildman–Crippen MR) is 90.6 cm³/mol. The van der Waals surface area contributed by atoms with E-state index in [1.54, 1.807) is 4.90 Å². The fourth-order valence-corrected chi connectivity index (χ4v) is 3.86. The Labute approximate surface area is 143 Å². The molecule has 0 saturated carbocycles. The van der Waals surface area contributed by atoms with Crippen LogP contribution in [0.2, 0.25) is 0 Å². The van der Waals surface area contributed by atoms with E-state index < -0.39 is 16.9 Å². The summed E-state index contributed by atoms with van der Waals surface area (Å²) >= 11 is 1.22. The standard InChI is InChI=1S/C18H18F2N2OS/c19-15-7-6-14(10-16(15)20)24-17(12-4-2-1-3-5-12)18(23)22-9-8-13(21)11-22/h1-7,10,13,17H,8-9,11,21H2/t13-,17?/m1/s1. The van der Waals surface area contributed by atoms with Crippen LogP contribution >= 0.6 is 11.8 Å². The van der Waals surface area contributed by atoms with E-state index in [-0.39, 0.29) is 11.9 Å². The van der Waals surface area contributed by atoms with Gasteiger partial charge in [0.1, 0.15) is 5.25 Å². The Hall–Kier alpha value is -1.92. The quantitative estimate of drug-likeness (QED) is 0.862. The second kappa shape index (κ2) is 7.32. The molecule has 2 aromatic rings. The molecule has 1 aliphatic rings. The summed E-state index contributed by atoms with van der Waals surface area (Å²) in [7, 11) is 0. The molecule has 1 heterocycles. The summed E-state index contributed by atoms with van der Waals surface area (Å²) in [6.07, 6.45) is 0.781. The highest BCUT2D eigenvalue weighted by atomic mass is 32.2. The number of carbonyl (C=O) groups is 1. The number of benzene rings is 2. The molecule has 1 aliphatic heterocycles. The highest BCUT2D eigenvalue weighted by molar-refractivity contribution is 8.00. The summed E-state index contributed by atoms with van der Waals surface area (Å²) in [4.78, 5) is 15.2. The van der Waals surface area contributed by atoms with Gasteiger partial charge in [-0.05, 0) is 30.2 Å². The van der Waals surface area contributed by atoms with Crippen molar-refractivity contribution in [3.8, 4) is 0 Å². The van der Waals surface area contributed by atoms with Crippen LogP contribution in [0.3, 0.4) is 0 Å². The van der Waals surface area contributed by atoms with Crippen molar-refractivity contribution < 1.29 is 13.6 Å². The SMILES string of the molecule is N[C@@H]1CCN(C(=O)C(Sc2ccc(F)c(F)c2)c2ccccc2)C1. The Balaban J connectivity index is 1.87. The first-order valence-corrected chi connectivity index (χ1v) is 8.63. The van der Waals surface area contributed by atoms with Crippen LogP contribution in [0.15, 0.2) is 53.4 Å². The van der Waals surface area contributed by atoms with Crippen LogP contribution in [-0.2, 0) is 4.79 Å². The van der Waals surface area contributed by atoms with Gasteiger partial charge in [-0.3, -0.25) is 4.79 Å². The van der Waals surface area contributed by atoms with Crippen molar-refractivity contribution in [2.24, 2.45) is 5.73 Å². The van der Waals surface area contributed by atoms with Gasteiger partial charge < -0.3 is 10.6 Å². The zero-order valence-electron chi connectivity index (χ0n) is 13.0. The Kier molecular flexibility index (Phi) is 5.16. The Morgan fingerprint density at radius 2 is 1.92 bits per heavy atom. The monoisotopic (exact) mass is 348 g/mol. The fourth-order valence-electron chi connectivity index (χ4n) is 2.73. The molecular formula is C18H18F2N2OS. The molecule has 2 aromatic carbocycles. The van der Waals surface area contributed by atoms with Crippen LogP contribution in [0, 0.1) is 11.6 Å². The van der Waals surface area contributed by atoms with Crippen LogP contribution in [0.5, 0.6) is 0 Å². The maximum Gasteiger partial charge on any atom is 0.240 e. The largest absolute Gasteiger partial charge is 0.340 e. The van der Waals surface area contributed by atoms with Gasteiger partial charge in [0.2, 0.25) is 5.91 Å². The van der Waals surface area contributed by atoms with E-state index in [2.05, 4.69) is 0 Å². The van der Waals surface area contributed by atoms with Crippen LogP contribution in [0.25, 0.3) is 0 Å². The summed E-state index contributed by atoms with van der Waals surface area (Å²) in [5, 5.41) is -0.513. The Morgan fingerprint density at radius 3 is 2.54 bits per heavy atom. The smallest absolute Gasteiger partial charge is 0.240 e. The fraction of sp³-hybridized carbons (Fsp3) is 0.278. The number of amides is 1. The predicted octanol–water partition coefficient (Wildman–Crippen LogP) is 3.36. The summed E-state index contributed by atoms with van der Waals surface area (Å²) in [6.45, 7) is 1.15. The van der Waals surface area contributed by atoms with Crippen molar-refractivity contribution >= 4 is 17.7 Å². The molecule has 1 amide bonds. The van der Waals surface area contributed by atoms with Gasteiger partial charge in [0.05, 0.1) is 0 Å². The van der Waals surface area contributed by atoms with Gasteiger partial charge in [-0.15, -0.1) is 11.8 Å². The number of carbonyl (C=O) groups excluding carboxylic acids is 1. The molecule has 0 bridgehead atoms. The Bertz CT molecular complexity index is 726. The van der Waals surface area contributed by atoms with E-state index in [1.165, 1.54) is 17.8 Å². The number of thioether (sulfide) groups is 1. The van der Waals surface area contributed by atoms with Crippen molar-refractivity contribution in [1.82, 2.24) is 4.90 Å². The molecule has 0 radical (unpaired) electrons. The molecule has 0 spiro atoms. The van der Waals surface area contributed by atoms with Crippen molar-refractivity contribution in [2.75, 3.05) is 13.1 Å². The molecule has 1 unspecified atom stereocenters. The minimum absolute atomic E-state index is 0.00126. The minimum atomic E-state index is -0.914. The molecule has 1 fully saturated rings. The van der Waals surface area contributed by atoms with Gasteiger partial charge >= 0.3 is 0 Å². The second-order valence-corrected chi connectivity index (χ2v) is 7.00. The molecule has 2 N–H and O–H groups in total. The third-order valence-electron chi connectivity index (χ3n) is 4.01. The van der Waals surface area contributed by atoms with Gasteiger partial charge in [0.15, 0.2) is 11.6 Å². The molecule has 24 heavy (non-hydrogen) atoms. The number of nitrogens with zero attached hydrogens (tertiary/aromatic N) is 1. The van der Waals surface area contributed by atoms with Gasteiger partial charge in [0, 0.05) is 24.0 Å². The topological polar surface area (TPSA) is 46.3 Å². The first kappa shape index (κ1) is 16.9. The normalized spacial score (nSPS) is 18.6. The lowest BCUT2D eigenvalue weighted by molar-refractivity contribution is -0.129. The minimum Gasteiger partial charge on any atom is -0.340 e. The maximum atomic E-state index is 13.5. The van der Waals surface area contributed by atoms with E-state index in [0.717, 1.165) is 24.1 Å². The van der Waals surface area contributed by atoms with Crippen molar-refractivity contribution in [1.29, 1.82) is 0 Å². The van der Waals surface area contributed by atoms with Crippen LogP contribution in [-0.4, -0.2) is 29.9 Å².